The lowest BCUT2D eigenvalue weighted by Gasteiger charge is -2.34. The van der Waals surface area contributed by atoms with Crippen LogP contribution in [0.3, 0.4) is 0 Å². The van der Waals surface area contributed by atoms with E-state index in [0.717, 1.165) is 54.2 Å². The molecule has 0 N–H and O–H groups in total. The molecule has 1 fully saturated rings. The van der Waals surface area contributed by atoms with E-state index in [1.165, 1.54) is 12.1 Å². The molecule has 0 atom stereocenters. The molecule has 0 saturated carbocycles. The number of hydrogen-bond acceptors (Lipinski definition) is 7. The highest BCUT2D eigenvalue weighted by molar-refractivity contribution is 5.83. The summed E-state index contributed by atoms with van der Waals surface area (Å²) in [5.41, 5.74) is 3.00. The van der Waals surface area contributed by atoms with Gasteiger partial charge in [0, 0.05) is 51.2 Å². The van der Waals surface area contributed by atoms with Crippen LogP contribution < -0.4 is 4.90 Å². The number of nitrogens with zero attached hydrogens (tertiary/aromatic N) is 7. The number of aryl methyl sites for hydroxylation is 1. The Labute approximate surface area is 154 Å². The number of hydrogen-bond donors (Lipinski definition) is 0. The van der Waals surface area contributed by atoms with Gasteiger partial charge < -0.3 is 14.0 Å². The Balaban J connectivity index is 1.31. The summed E-state index contributed by atoms with van der Waals surface area (Å²) in [5, 5.41) is 4.99. The predicted octanol–water partition coefficient (Wildman–Crippen LogP) is 1.97. The van der Waals surface area contributed by atoms with Gasteiger partial charge in [-0.1, -0.05) is 5.16 Å². The van der Waals surface area contributed by atoms with E-state index in [1.807, 2.05) is 11.6 Å². The van der Waals surface area contributed by atoms with Crippen molar-refractivity contribution < 1.29 is 8.91 Å². The van der Waals surface area contributed by atoms with Gasteiger partial charge in [-0.3, -0.25) is 4.90 Å². The van der Waals surface area contributed by atoms with Gasteiger partial charge in [-0.15, -0.1) is 0 Å². The van der Waals surface area contributed by atoms with Crippen LogP contribution >= 0.6 is 0 Å². The van der Waals surface area contributed by atoms with E-state index in [2.05, 4.69) is 29.9 Å². The van der Waals surface area contributed by atoms with Crippen molar-refractivity contribution in [2.24, 2.45) is 7.05 Å². The summed E-state index contributed by atoms with van der Waals surface area (Å²) in [6.07, 6.45) is 3.35. The molecule has 1 aliphatic rings. The molecule has 0 bridgehead atoms. The van der Waals surface area contributed by atoms with Crippen molar-refractivity contribution in [2.75, 3.05) is 31.1 Å². The minimum atomic E-state index is -0.315. The first-order valence-electron chi connectivity index (χ1n) is 8.82. The van der Waals surface area contributed by atoms with Gasteiger partial charge in [0.05, 0.1) is 6.33 Å². The molecule has 0 amide bonds. The molecule has 4 heterocycles. The zero-order valence-electron chi connectivity index (χ0n) is 14.8. The Kier molecular flexibility index (Phi) is 3.75. The summed E-state index contributed by atoms with van der Waals surface area (Å²) >= 11 is 0. The Bertz CT molecular complexity index is 1110. The summed E-state index contributed by atoms with van der Waals surface area (Å²) in [6, 6.07) is 4.54. The van der Waals surface area contributed by atoms with Crippen LogP contribution in [0.5, 0.6) is 0 Å². The largest absolute Gasteiger partial charge is 0.356 e. The molecule has 3 aromatic heterocycles. The number of rotatable bonds is 3. The molecular weight excluding hydrogens is 349 g/mol. The molecule has 8 nitrogen and oxygen atoms in total. The monoisotopic (exact) mass is 367 g/mol. The van der Waals surface area contributed by atoms with Crippen molar-refractivity contribution in [3.63, 3.8) is 0 Å². The van der Waals surface area contributed by atoms with E-state index in [0.29, 0.717) is 12.1 Å². The summed E-state index contributed by atoms with van der Waals surface area (Å²) in [4.78, 5) is 17.8. The number of aromatic nitrogens is 5. The quantitative estimate of drug-likeness (QED) is 0.548. The summed E-state index contributed by atoms with van der Waals surface area (Å²) < 4.78 is 20.5. The number of piperazine rings is 1. The molecule has 1 aromatic carbocycles. The van der Waals surface area contributed by atoms with E-state index >= 15 is 0 Å². The standard InChI is InChI=1S/C18H18FN7O/c1-24-11-22-16-17(24)20-10-21-18(16)26-6-4-25(5-7-26)9-14-13-3-2-12(19)8-15(13)27-23-14/h2-3,8,10-11H,4-7,9H2,1H3. The van der Waals surface area contributed by atoms with Gasteiger partial charge in [0.15, 0.2) is 22.6 Å². The Morgan fingerprint density at radius 2 is 1.96 bits per heavy atom. The van der Waals surface area contributed by atoms with Crippen LogP contribution in [0.4, 0.5) is 10.2 Å². The van der Waals surface area contributed by atoms with Crippen molar-refractivity contribution in [1.29, 1.82) is 0 Å². The maximum Gasteiger partial charge on any atom is 0.170 e. The summed E-state index contributed by atoms with van der Waals surface area (Å²) in [6.45, 7) is 4.09. The third kappa shape index (κ3) is 2.80. The lowest BCUT2D eigenvalue weighted by Crippen LogP contribution is -2.46. The molecule has 0 unspecified atom stereocenters. The first-order valence-corrected chi connectivity index (χ1v) is 8.82. The van der Waals surface area contributed by atoms with Gasteiger partial charge in [-0.25, -0.2) is 19.3 Å². The fourth-order valence-electron chi connectivity index (χ4n) is 3.57. The third-order valence-electron chi connectivity index (χ3n) is 5.03. The van der Waals surface area contributed by atoms with Crippen LogP contribution in [0.1, 0.15) is 5.69 Å². The molecule has 1 saturated heterocycles. The smallest absolute Gasteiger partial charge is 0.170 e. The number of benzene rings is 1. The Morgan fingerprint density at radius 3 is 2.81 bits per heavy atom. The van der Waals surface area contributed by atoms with Crippen LogP contribution in [-0.2, 0) is 13.6 Å². The third-order valence-corrected chi connectivity index (χ3v) is 5.03. The maximum absolute atomic E-state index is 13.3. The molecule has 27 heavy (non-hydrogen) atoms. The van der Waals surface area contributed by atoms with E-state index in [9.17, 15) is 4.39 Å². The van der Waals surface area contributed by atoms with Gasteiger partial charge in [0.25, 0.3) is 0 Å². The molecule has 0 spiro atoms. The van der Waals surface area contributed by atoms with E-state index in [4.69, 9.17) is 4.52 Å². The normalized spacial score (nSPS) is 15.9. The molecular formula is C18H18FN7O. The second-order valence-corrected chi connectivity index (χ2v) is 6.76. The van der Waals surface area contributed by atoms with Crippen molar-refractivity contribution in [3.8, 4) is 0 Å². The van der Waals surface area contributed by atoms with Crippen molar-refractivity contribution in [1.82, 2.24) is 29.6 Å². The lowest BCUT2D eigenvalue weighted by atomic mass is 10.2. The van der Waals surface area contributed by atoms with Crippen molar-refractivity contribution in [2.45, 2.75) is 6.54 Å². The second-order valence-electron chi connectivity index (χ2n) is 6.76. The highest BCUT2D eigenvalue weighted by atomic mass is 19.1. The van der Waals surface area contributed by atoms with Crippen LogP contribution in [-0.4, -0.2) is 55.8 Å². The average molecular weight is 367 g/mol. The van der Waals surface area contributed by atoms with E-state index < -0.39 is 0 Å². The molecule has 4 aromatic rings. The maximum atomic E-state index is 13.3. The predicted molar refractivity (Wildman–Crippen MR) is 97.8 cm³/mol. The minimum absolute atomic E-state index is 0.315. The Hall–Kier alpha value is -3.07. The molecule has 1 aliphatic heterocycles. The number of fused-ring (bicyclic) bond motifs is 2. The van der Waals surface area contributed by atoms with Gasteiger partial charge in [-0.05, 0) is 12.1 Å². The first-order chi connectivity index (χ1) is 13.2. The average Bonchev–Trinajstić information content (AvgIpc) is 3.26. The first kappa shape index (κ1) is 16.1. The van der Waals surface area contributed by atoms with E-state index in [1.54, 1.807) is 18.7 Å². The zero-order valence-corrected chi connectivity index (χ0v) is 14.8. The summed E-state index contributed by atoms with van der Waals surface area (Å²) in [5.74, 6) is 0.562. The van der Waals surface area contributed by atoms with Crippen molar-refractivity contribution in [3.05, 3.63) is 42.4 Å². The van der Waals surface area contributed by atoms with Gasteiger partial charge >= 0.3 is 0 Å². The topological polar surface area (TPSA) is 76.1 Å². The van der Waals surface area contributed by atoms with Crippen LogP contribution in [0, 0.1) is 5.82 Å². The molecule has 0 aliphatic carbocycles. The second kappa shape index (κ2) is 6.27. The van der Waals surface area contributed by atoms with Crippen LogP contribution in [0.2, 0.25) is 0 Å². The van der Waals surface area contributed by atoms with Gasteiger partial charge in [-0.2, -0.15) is 0 Å². The number of halogens is 1. The van der Waals surface area contributed by atoms with Crippen LogP contribution in [0.25, 0.3) is 22.1 Å². The number of imidazole rings is 1. The zero-order chi connectivity index (χ0) is 18.4. The van der Waals surface area contributed by atoms with Gasteiger partial charge in [0.2, 0.25) is 0 Å². The van der Waals surface area contributed by atoms with E-state index in [-0.39, 0.29) is 5.82 Å². The van der Waals surface area contributed by atoms with Gasteiger partial charge in [0.1, 0.15) is 17.8 Å². The van der Waals surface area contributed by atoms with Crippen LogP contribution in [0.15, 0.2) is 35.4 Å². The highest BCUT2D eigenvalue weighted by Gasteiger charge is 2.22. The molecule has 5 rings (SSSR count). The molecule has 9 heteroatoms. The number of anilines is 1. The molecule has 0 radical (unpaired) electrons. The summed E-state index contributed by atoms with van der Waals surface area (Å²) in [7, 11) is 1.93. The Morgan fingerprint density at radius 1 is 1.11 bits per heavy atom. The fraction of sp³-hybridized carbons (Fsp3) is 0.333. The SMILES string of the molecule is Cn1cnc2c(N3CCN(Cc4noc5cc(F)ccc45)CC3)ncnc21. The molecule has 138 valence electrons. The lowest BCUT2D eigenvalue weighted by molar-refractivity contribution is 0.243. The van der Waals surface area contributed by atoms with Crippen molar-refractivity contribution >= 4 is 28.0 Å². The minimum Gasteiger partial charge on any atom is -0.356 e. The fourth-order valence-corrected chi connectivity index (χ4v) is 3.57. The highest BCUT2D eigenvalue weighted by Crippen LogP contribution is 2.24.